The number of hydrogen-bond donors (Lipinski definition) is 1. The number of nitroso groups, excluding NO2 is 1. The molecule has 0 aromatic carbocycles. The lowest BCUT2D eigenvalue weighted by Gasteiger charge is -2.30. The van der Waals surface area contributed by atoms with Crippen molar-refractivity contribution in [1.82, 2.24) is 14.6 Å². The number of halogens is 1. The van der Waals surface area contributed by atoms with Gasteiger partial charge in [-0.05, 0) is 12.8 Å². The molecule has 1 N–H and O–H groups in total. The van der Waals surface area contributed by atoms with Crippen molar-refractivity contribution in [3.05, 3.63) is 4.91 Å². The Bertz CT molecular complexity index is 468. The van der Waals surface area contributed by atoms with Gasteiger partial charge in [0.15, 0.2) is 0 Å². The molecule has 0 spiro atoms. The van der Waals surface area contributed by atoms with Gasteiger partial charge in [0.25, 0.3) is 0 Å². The number of nitrogens with one attached hydrogen (secondary N) is 1. The van der Waals surface area contributed by atoms with E-state index >= 15 is 0 Å². The molecule has 0 unspecified atom stereocenters. The SMILES string of the molecule is CN(C1CCCCC1)S(=O)(=O)CCNC(=O)N(CCCl)N=O. The van der Waals surface area contributed by atoms with Gasteiger partial charge in [-0.2, -0.15) is 5.01 Å². The van der Waals surface area contributed by atoms with E-state index in [1.807, 2.05) is 0 Å². The molecule has 1 fully saturated rings. The molecule has 8 nitrogen and oxygen atoms in total. The highest BCUT2D eigenvalue weighted by Crippen LogP contribution is 2.23. The lowest BCUT2D eigenvalue weighted by Crippen LogP contribution is -2.44. The number of hydrogen-bond acceptors (Lipinski definition) is 5. The molecule has 0 heterocycles. The van der Waals surface area contributed by atoms with Crippen LogP contribution in [-0.2, 0) is 10.0 Å². The molecule has 10 heteroatoms. The summed E-state index contributed by atoms with van der Waals surface area (Å²) in [5, 5.41) is 5.52. The molecular formula is C12H23ClN4O4S. The van der Waals surface area contributed by atoms with Crippen LogP contribution in [0.1, 0.15) is 32.1 Å². The second kappa shape index (κ2) is 9.26. The van der Waals surface area contributed by atoms with Gasteiger partial charge >= 0.3 is 6.03 Å². The zero-order valence-electron chi connectivity index (χ0n) is 12.7. The number of amides is 2. The number of urea groups is 1. The van der Waals surface area contributed by atoms with Gasteiger partial charge in [-0.1, -0.05) is 19.3 Å². The minimum Gasteiger partial charge on any atom is -0.335 e. The van der Waals surface area contributed by atoms with Gasteiger partial charge in [-0.25, -0.2) is 17.5 Å². The third kappa shape index (κ3) is 5.69. The summed E-state index contributed by atoms with van der Waals surface area (Å²) < 4.78 is 25.9. The highest BCUT2D eigenvalue weighted by Gasteiger charge is 2.27. The summed E-state index contributed by atoms with van der Waals surface area (Å²) in [6.07, 6.45) is 4.98. The van der Waals surface area contributed by atoms with Gasteiger partial charge in [0.2, 0.25) is 10.0 Å². The first-order chi connectivity index (χ1) is 10.4. The van der Waals surface area contributed by atoms with Gasteiger partial charge < -0.3 is 5.32 Å². The maximum absolute atomic E-state index is 12.2. The fraction of sp³-hybridized carbons (Fsp3) is 0.917. The van der Waals surface area contributed by atoms with E-state index in [4.69, 9.17) is 11.6 Å². The first kappa shape index (κ1) is 19.1. The zero-order chi connectivity index (χ0) is 16.6. The van der Waals surface area contributed by atoms with E-state index in [1.54, 1.807) is 7.05 Å². The topological polar surface area (TPSA) is 99.2 Å². The normalized spacial score (nSPS) is 16.5. The standard InChI is InChI=1S/C12H23ClN4O4S/c1-16(11-5-3-2-4-6-11)22(20,21)10-8-14-12(18)17(15-19)9-7-13/h11H,2-10H2,1H3,(H,14,18). The molecule has 1 aliphatic carbocycles. The van der Waals surface area contributed by atoms with Crippen molar-refractivity contribution in [3.8, 4) is 0 Å². The molecular weight excluding hydrogens is 332 g/mol. The van der Waals surface area contributed by atoms with E-state index in [0.717, 1.165) is 32.1 Å². The molecule has 0 aromatic rings. The highest BCUT2D eigenvalue weighted by atomic mass is 35.5. The minimum absolute atomic E-state index is 0.0222. The number of carbonyl (C=O) groups is 1. The van der Waals surface area contributed by atoms with Crippen LogP contribution in [0.5, 0.6) is 0 Å². The van der Waals surface area contributed by atoms with Gasteiger partial charge in [-0.3, -0.25) is 0 Å². The second-order valence-electron chi connectivity index (χ2n) is 5.25. The van der Waals surface area contributed by atoms with Crippen LogP contribution in [0.3, 0.4) is 0 Å². The van der Waals surface area contributed by atoms with E-state index < -0.39 is 16.1 Å². The summed E-state index contributed by atoms with van der Waals surface area (Å²) in [6.45, 7) is -0.0991. The first-order valence-electron chi connectivity index (χ1n) is 7.32. The Morgan fingerprint density at radius 2 is 1.95 bits per heavy atom. The lowest BCUT2D eigenvalue weighted by atomic mass is 9.96. The summed E-state index contributed by atoms with van der Waals surface area (Å²) in [5.41, 5.74) is 0. The molecule has 2 amide bonds. The Kier molecular flexibility index (Phi) is 8.05. The van der Waals surface area contributed by atoms with Crippen molar-refractivity contribution in [3.63, 3.8) is 0 Å². The Morgan fingerprint density at radius 3 is 2.50 bits per heavy atom. The van der Waals surface area contributed by atoms with Crippen LogP contribution in [-0.4, -0.2) is 61.6 Å². The average Bonchev–Trinajstić information content (AvgIpc) is 2.52. The number of nitrogens with zero attached hydrogens (tertiary/aromatic N) is 3. The van der Waals surface area contributed by atoms with Crippen molar-refractivity contribution in [2.24, 2.45) is 5.29 Å². The highest BCUT2D eigenvalue weighted by molar-refractivity contribution is 7.89. The van der Waals surface area contributed by atoms with Crippen LogP contribution < -0.4 is 5.32 Å². The van der Waals surface area contributed by atoms with Gasteiger partial charge in [0.1, 0.15) is 0 Å². The Balaban J connectivity index is 2.44. The minimum atomic E-state index is -3.43. The van der Waals surface area contributed by atoms with Crippen LogP contribution in [0.25, 0.3) is 0 Å². The quantitative estimate of drug-likeness (QED) is 0.405. The smallest absolute Gasteiger partial charge is 0.335 e. The van der Waals surface area contributed by atoms with Gasteiger partial charge in [-0.15, -0.1) is 16.5 Å². The van der Waals surface area contributed by atoms with Crippen LogP contribution >= 0.6 is 11.6 Å². The predicted octanol–water partition coefficient (Wildman–Crippen LogP) is 1.51. The molecule has 0 atom stereocenters. The van der Waals surface area contributed by atoms with E-state index in [9.17, 15) is 18.1 Å². The zero-order valence-corrected chi connectivity index (χ0v) is 14.3. The number of rotatable bonds is 8. The first-order valence-corrected chi connectivity index (χ1v) is 9.47. The largest absolute Gasteiger partial charge is 0.340 e. The molecule has 0 radical (unpaired) electrons. The van der Waals surface area contributed by atoms with Crippen molar-refractivity contribution < 1.29 is 13.2 Å². The molecule has 128 valence electrons. The average molecular weight is 355 g/mol. The Labute approximate surface area is 136 Å². The van der Waals surface area contributed by atoms with Crippen molar-refractivity contribution >= 4 is 27.7 Å². The van der Waals surface area contributed by atoms with E-state index in [2.05, 4.69) is 10.6 Å². The number of carbonyl (C=O) groups excluding carboxylic acids is 1. The number of sulfonamides is 1. The maximum Gasteiger partial charge on any atom is 0.340 e. The van der Waals surface area contributed by atoms with Gasteiger partial charge in [0, 0.05) is 25.5 Å². The molecule has 0 aliphatic heterocycles. The summed E-state index contributed by atoms with van der Waals surface area (Å²) in [4.78, 5) is 22.0. The van der Waals surface area contributed by atoms with Crippen LogP contribution in [0.15, 0.2) is 5.29 Å². The van der Waals surface area contributed by atoms with Crippen molar-refractivity contribution in [2.75, 3.05) is 31.8 Å². The Hall–Kier alpha value is -0.930. The lowest BCUT2D eigenvalue weighted by molar-refractivity contribution is 0.203. The molecule has 1 rings (SSSR count). The fourth-order valence-corrected chi connectivity index (χ4v) is 3.93. The molecule has 0 bridgehead atoms. The van der Waals surface area contributed by atoms with Crippen LogP contribution in [0.2, 0.25) is 0 Å². The molecule has 0 saturated heterocycles. The van der Waals surface area contributed by atoms with Crippen molar-refractivity contribution in [2.45, 2.75) is 38.1 Å². The van der Waals surface area contributed by atoms with E-state index in [0.29, 0.717) is 5.01 Å². The Morgan fingerprint density at radius 1 is 1.32 bits per heavy atom. The third-order valence-electron chi connectivity index (χ3n) is 3.79. The molecule has 0 aromatic heterocycles. The summed E-state index contributed by atoms with van der Waals surface area (Å²) in [5.74, 6) is -0.138. The second-order valence-corrected chi connectivity index (χ2v) is 7.78. The molecule has 1 aliphatic rings. The van der Waals surface area contributed by atoms with Gasteiger partial charge in [0.05, 0.1) is 17.6 Å². The number of alkyl halides is 1. The molecule has 1 saturated carbocycles. The third-order valence-corrected chi connectivity index (χ3v) is 5.86. The van der Waals surface area contributed by atoms with E-state index in [-0.39, 0.29) is 30.8 Å². The monoisotopic (exact) mass is 354 g/mol. The molecule has 22 heavy (non-hydrogen) atoms. The summed E-state index contributed by atoms with van der Waals surface area (Å²) in [6, 6.07) is -0.704. The predicted molar refractivity (Wildman–Crippen MR) is 85.0 cm³/mol. The fourth-order valence-electron chi connectivity index (χ4n) is 2.45. The van der Waals surface area contributed by atoms with Crippen molar-refractivity contribution in [1.29, 1.82) is 0 Å². The maximum atomic E-state index is 12.2. The van der Waals surface area contributed by atoms with E-state index in [1.165, 1.54) is 4.31 Å². The summed E-state index contributed by atoms with van der Waals surface area (Å²) in [7, 11) is -1.85. The van der Waals surface area contributed by atoms with Crippen LogP contribution in [0.4, 0.5) is 4.79 Å². The summed E-state index contributed by atoms with van der Waals surface area (Å²) >= 11 is 5.43. The van der Waals surface area contributed by atoms with Crippen LogP contribution in [0, 0.1) is 4.91 Å².